The van der Waals surface area contributed by atoms with Crippen molar-refractivity contribution < 1.29 is 31.4 Å². The molecular formula is C23H19F6N3O. The maximum Gasteiger partial charge on any atom is 0.287 e. The third-order valence-corrected chi connectivity index (χ3v) is 7.22. The molecule has 0 amide bonds. The third kappa shape index (κ3) is 3.03. The molecular weight excluding hydrogens is 448 g/mol. The smallest absolute Gasteiger partial charge is 0.287 e. The molecule has 1 atom stereocenters. The van der Waals surface area contributed by atoms with E-state index < -0.39 is 52.5 Å². The molecule has 2 aromatic carbocycles. The van der Waals surface area contributed by atoms with Crippen molar-refractivity contribution in [3.8, 4) is 0 Å². The lowest BCUT2D eigenvalue weighted by molar-refractivity contribution is -0.347. The van der Waals surface area contributed by atoms with Crippen LogP contribution in [-0.2, 0) is 17.6 Å². The van der Waals surface area contributed by atoms with Gasteiger partial charge in [-0.3, -0.25) is 0 Å². The van der Waals surface area contributed by atoms with Crippen LogP contribution in [0, 0.1) is 17.0 Å². The summed E-state index contributed by atoms with van der Waals surface area (Å²) in [4.78, 5) is 3.68. The zero-order valence-electron chi connectivity index (χ0n) is 17.2. The predicted molar refractivity (Wildman–Crippen MR) is 105 cm³/mol. The molecule has 174 valence electrons. The van der Waals surface area contributed by atoms with Gasteiger partial charge in [-0.05, 0) is 42.4 Å². The lowest BCUT2D eigenvalue weighted by atomic mass is 9.30. The average Bonchev–Trinajstić information content (AvgIpc) is 3.18. The number of aliphatic hydroxyl groups is 1. The monoisotopic (exact) mass is 467 g/mol. The molecule has 0 unspecified atom stereocenters. The van der Waals surface area contributed by atoms with Crippen LogP contribution in [0.25, 0.3) is 0 Å². The molecule has 1 heterocycles. The highest BCUT2D eigenvalue weighted by atomic mass is 19.3. The Kier molecular flexibility index (Phi) is 4.69. The Bertz CT molecular complexity index is 1160. The normalized spacial score (nSPS) is 25.9. The van der Waals surface area contributed by atoms with Crippen molar-refractivity contribution in [2.45, 2.75) is 49.2 Å². The quantitative estimate of drug-likeness (QED) is 0.490. The lowest BCUT2D eigenvalue weighted by Crippen LogP contribution is -2.76. The highest BCUT2D eigenvalue weighted by Gasteiger charge is 2.82. The summed E-state index contributed by atoms with van der Waals surface area (Å²) in [6, 6.07) is 7.68. The molecule has 0 radical (unpaired) electrons. The van der Waals surface area contributed by atoms with Gasteiger partial charge in [-0.15, -0.1) is 0 Å². The molecule has 1 N–H and O–H groups in total. The van der Waals surface area contributed by atoms with Gasteiger partial charge in [0.15, 0.2) is 5.60 Å². The van der Waals surface area contributed by atoms with E-state index in [1.165, 1.54) is 24.3 Å². The number of hydrogen-bond acceptors (Lipinski definition) is 3. The first-order valence-corrected chi connectivity index (χ1v) is 10.3. The van der Waals surface area contributed by atoms with Crippen molar-refractivity contribution in [1.29, 1.82) is 0 Å². The second kappa shape index (κ2) is 7.06. The van der Waals surface area contributed by atoms with Crippen LogP contribution < -0.4 is 0 Å². The molecule has 3 aliphatic carbocycles. The minimum atomic E-state index is -3.81. The van der Waals surface area contributed by atoms with Crippen LogP contribution in [0.15, 0.2) is 55.1 Å². The topological polar surface area (TPSA) is 50.9 Å². The van der Waals surface area contributed by atoms with Crippen LogP contribution in [-0.4, -0.2) is 25.8 Å². The molecule has 3 aliphatic rings. The van der Waals surface area contributed by atoms with Crippen LogP contribution in [0.5, 0.6) is 0 Å². The van der Waals surface area contributed by atoms with E-state index in [1.54, 1.807) is 0 Å². The Morgan fingerprint density at radius 2 is 1.70 bits per heavy atom. The molecule has 2 bridgehead atoms. The van der Waals surface area contributed by atoms with E-state index in [1.807, 2.05) is 0 Å². The Morgan fingerprint density at radius 3 is 2.24 bits per heavy atom. The maximum absolute atomic E-state index is 16.1. The summed E-state index contributed by atoms with van der Waals surface area (Å²) >= 11 is 0. The number of alkyl halides is 4. The van der Waals surface area contributed by atoms with E-state index in [-0.39, 0.29) is 24.8 Å². The van der Waals surface area contributed by atoms with Crippen LogP contribution in [0.1, 0.15) is 42.4 Å². The SMILES string of the molecule is O[C@@](Cn1cncn1)(c1ccc(F)cc1F)C(F)(F)C12CC(c3ccc(C(F)F)cc3)(C1)C2. The summed E-state index contributed by atoms with van der Waals surface area (Å²) < 4.78 is 86.9. The number of halogens is 6. The van der Waals surface area contributed by atoms with Crippen molar-refractivity contribution >= 4 is 0 Å². The van der Waals surface area contributed by atoms with E-state index >= 15 is 8.78 Å². The first kappa shape index (κ1) is 21.9. The maximum atomic E-state index is 16.1. The van der Waals surface area contributed by atoms with Gasteiger partial charge in [0, 0.05) is 22.6 Å². The van der Waals surface area contributed by atoms with Gasteiger partial charge < -0.3 is 5.11 Å². The standard InChI is InChI=1S/C23H19F6N3O/c24-16-5-6-17(18(25)7-16)22(33,11-32-13-30-12-31-32)23(28,29)21-8-20(9-21,10-21)15-3-1-14(2-4-15)19(26)27/h1-7,12-13,19,33H,8-11H2/t20?,21?,22-/m0/s1. The minimum Gasteiger partial charge on any atom is -0.377 e. The van der Waals surface area contributed by atoms with Gasteiger partial charge in [0.25, 0.3) is 12.3 Å². The van der Waals surface area contributed by atoms with E-state index in [0.29, 0.717) is 11.6 Å². The van der Waals surface area contributed by atoms with Gasteiger partial charge in [-0.1, -0.05) is 24.3 Å². The first-order chi connectivity index (χ1) is 15.5. The molecule has 3 fully saturated rings. The number of benzene rings is 2. The molecule has 3 saturated carbocycles. The van der Waals surface area contributed by atoms with Gasteiger partial charge in [-0.2, -0.15) is 5.10 Å². The number of rotatable bonds is 7. The van der Waals surface area contributed by atoms with Gasteiger partial charge in [0.2, 0.25) is 0 Å². The fourth-order valence-electron chi connectivity index (χ4n) is 5.58. The summed E-state index contributed by atoms with van der Waals surface area (Å²) in [6.07, 6.45) is -0.397. The van der Waals surface area contributed by atoms with Crippen molar-refractivity contribution in [3.05, 3.63) is 83.4 Å². The molecule has 10 heteroatoms. The van der Waals surface area contributed by atoms with Gasteiger partial charge >= 0.3 is 0 Å². The fraction of sp³-hybridized carbons (Fsp3) is 0.391. The molecule has 33 heavy (non-hydrogen) atoms. The Labute approximate surface area is 184 Å². The van der Waals surface area contributed by atoms with Crippen molar-refractivity contribution in [2.75, 3.05) is 0 Å². The number of aromatic nitrogens is 3. The molecule has 0 aliphatic heterocycles. The van der Waals surface area contributed by atoms with Gasteiger partial charge in [0.05, 0.1) is 6.54 Å². The number of nitrogens with zero attached hydrogens (tertiary/aromatic N) is 3. The predicted octanol–water partition coefficient (Wildman–Crippen LogP) is 5.14. The van der Waals surface area contributed by atoms with Gasteiger partial charge in [0.1, 0.15) is 24.3 Å². The van der Waals surface area contributed by atoms with Crippen LogP contribution in [0.3, 0.4) is 0 Å². The lowest BCUT2D eigenvalue weighted by Gasteiger charge is -2.74. The summed E-state index contributed by atoms with van der Waals surface area (Å²) in [5, 5.41) is 15.1. The van der Waals surface area contributed by atoms with E-state index in [9.17, 15) is 22.7 Å². The minimum absolute atomic E-state index is 0.00348. The molecule has 4 nitrogen and oxygen atoms in total. The molecule has 0 saturated heterocycles. The van der Waals surface area contributed by atoms with Crippen LogP contribution in [0.2, 0.25) is 0 Å². The zero-order chi connectivity index (χ0) is 23.6. The zero-order valence-corrected chi connectivity index (χ0v) is 17.2. The second-order valence-corrected chi connectivity index (χ2v) is 9.17. The molecule has 3 aromatic rings. The highest BCUT2D eigenvalue weighted by Crippen LogP contribution is 2.80. The van der Waals surface area contributed by atoms with Gasteiger partial charge in [-0.25, -0.2) is 36.0 Å². The summed E-state index contributed by atoms with van der Waals surface area (Å²) in [5.74, 6) is -6.06. The first-order valence-electron chi connectivity index (χ1n) is 10.3. The Hall–Kier alpha value is -2.88. The largest absolute Gasteiger partial charge is 0.377 e. The summed E-state index contributed by atoms with van der Waals surface area (Å²) in [5.41, 5.74) is -5.45. The van der Waals surface area contributed by atoms with Crippen molar-refractivity contribution in [2.24, 2.45) is 5.41 Å². The highest BCUT2D eigenvalue weighted by molar-refractivity contribution is 5.43. The van der Waals surface area contributed by atoms with Crippen LogP contribution >= 0.6 is 0 Å². The fourth-order valence-corrected chi connectivity index (χ4v) is 5.58. The van der Waals surface area contributed by atoms with E-state index in [2.05, 4.69) is 10.1 Å². The second-order valence-electron chi connectivity index (χ2n) is 9.17. The summed E-state index contributed by atoms with van der Waals surface area (Å²) in [7, 11) is 0. The average molecular weight is 467 g/mol. The number of hydrogen-bond donors (Lipinski definition) is 1. The van der Waals surface area contributed by atoms with Crippen molar-refractivity contribution in [1.82, 2.24) is 14.8 Å². The molecule has 6 rings (SSSR count). The molecule has 1 aromatic heterocycles. The Balaban J connectivity index is 1.48. The third-order valence-electron chi connectivity index (χ3n) is 7.22. The van der Waals surface area contributed by atoms with Crippen LogP contribution in [0.4, 0.5) is 26.3 Å². The van der Waals surface area contributed by atoms with E-state index in [0.717, 1.165) is 29.5 Å². The van der Waals surface area contributed by atoms with E-state index in [4.69, 9.17) is 0 Å². The van der Waals surface area contributed by atoms with Crippen molar-refractivity contribution in [3.63, 3.8) is 0 Å². The Morgan fingerprint density at radius 1 is 1.03 bits per heavy atom. The summed E-state index contributed by atoms with van der Waals surface area (Å²) in [6.45, 7) is -0.791. The molecule has 0 spiro atoms.